The van der Waals surface area contributed by atoms with Crippen LogP contribution in [-0.4, -0.2) is 12.8 Å². The number of nitrogens with two attached hydrogens (primary N) is 1. The molecule has 0 aliphatic carbocycles. The standard InChI is InChI=1S/C2H5F3N2O/c3-2(4,5)1-8-7-6/h7H,1,6H2. The largest absolute Gasteiger partial charge is 0.413 e. The minimum absolute atomic E-state index is 1.37. The number of alkyl halides is 3. The maximum Gasteiger partial charge on any atom is 0.413 e. The predicted molar refractivity (Wildman–Crippen MR) is 19.3 cm³/mol. The number of nitrogens with one attached hydrogen (secondary N) is 1. The highest BCUT2D eigenvalue weighted by Crippen LogP contribution is 2.13. The molecule has 0 aliphatic rings. The quantitative estimate of drug-likeness (QED) is 0.406. The van der Waals surface area contributed by atoms with Gasteiger partial charge in [0.15, 0.2) is 6.61 Å². The lowest BCUT2D eigenvalue weighted by atomic mass is 10.7. The van der Waals surface area contributed by atoms with Crippen LogP contribution in [0.15, 0.2) is 0 Å². The van der Waals surface area contributed by atoms with Gasteiger partial charge in [0.2, 0.25) is 0 Å². The van der Waals surface area contributed by atoms with E-state index >= 15 is 0 Å². The first kappa shape index (κ1) is 7.67. The molecule has 0 radical (unpaired) electrons. The zero-order valence-corrected chi connectivity index (χ0v) is 3.83. The lowest BCUT2D eigenvalue weighted by Gasteiger charge is -2.03. The summed E-state index contributed by atoms with van der Waals surface area (Å²) in [5.74, 6) is 4.36. The van der Waals surface area contributed by atoms with Crippen LogP contribution < -0.4 is 11.4 Å². The second-order valence-electron chi connectivity index (χ2n) is 1.02. The van der Waals surface area contributed by atoms with Crippen LogP contribution in [0.1, 0.15) is 0 Å². The van der Waals surface area contributed by atoms with Crippen molar-refractivity contribution in [1.29, 1.82) is 0 Å². The average Bonchev–Trinajstić information content (AvgIpc) is 1.59. The summed E-state index contributed by atoms with van der Waals surface area (Å²) in [7, 11) is 0. The molecule has 0 heterocycles. The number of hydrogen-bond acceptors (Lipinski definition) is 3. The first-order chi connectivity index (χ1) is 3.56. The molecule has 0 bridgehead atoms. The van der Waals surface area contributed by atoms with Crippen molar-refractivity contribution in [3.8, 4) is 0 Å². The van der Waals surface area contributed by atoms with E-state index in [4.69, 9.17) is 0 Å². The zero-order chi connectivity index (χ0) is 6.62. The van der Waals surface area contributed by atoms with Gasteiger partial charge >= 0.3 is 6.18 Å². The van der Waals surface area contributed by atoms with E-state index in [0.29, 0.717) is 0 Å². The van der Waals surface area contributed by atoms with Gasteiger partial charge in [-0.25, -0.2) is 5.84 Å². The van der Waals surface area contributed by atoms with Gasteiger partial charge in [0.1, 0.15) is 0 Å². The SMILES string of the molecule is NNOCC(F)(F)F. The molecule has 3 nitrogen and oxygen atoms in total. The monoisotopic (exact) mass is 130 g/mol. The Kier molecular flexibility index (Phi) is 2.74. The first-order valence-electron chi connectivity index (χ1n) is 1.70. The molecule has 6 heteroatoms. The summed E-state index contributed by atoms with van der Waals surface area (Å²) in [5, 5.41) is 0. The highest BCUT2D eigenvalue weighted by molar-refractivity contribution is 4.41. The Hall–Kier alpha value is -0.330. The Balaban J connectivity index is 3.11. The summed E-state index contributed by atoms with van der Waals surface area (Å²) in [4.78, 5) is 3.60. The molecule has 0 aromatic heterocycles. The van der Waals surface area contributed by atoms with E-state index in [0.717, 1.165) is 0 Å². The molecule has 0 aliphatic heterocycles. The van der Waals surface area contributed by atoms with Gasteiger partial charge in [-0.2, -0.15) is 13.2 Å². The predicted octanol–water partition coefficient (Wildman–Crippen LogP) is -0.0564. The summed E-state index contributed by atoms with van der Waals surface area (Å²) in [5.41, 5.74) is 1.40. The van der Waals surface area contributed by atoms with Gasteiger partial charge in [-0.15, -0.1) is 5.59 Å². The molecule has 0 aromatic rings. The summed E-state index contributed by atoms with van der Waals surface area (Å²) in [6.45, 7) is -1.37. The van der Waals surface area contributed by atoms with Crippen LogP contribution in [0.5, 0.6) is 0 Å². The van der Waals surface area contributed by atoms with Crippen LogP contribution in [0.25, 0.3) is 0 Å². The lowest BCUT2D eigenvalue weighted by molar-refractivity contribution is -0.189. The molecule has 0 fully saturated rings. The van der Waals surface area contributed by atoms with Crippen LogP contribution in [0.3, 0.4) is 0 Å². The fraction of sp³-hybridized carbons (Fsp3) is 1.00. The van der Waals surface area contributed by atoms with Crippen LogP contribution in [0, 0.1) is 0 Å². The van der Waals surface area contributed by atoms with E-state index in [1.807, 2.05) is 0 Å². The summed E-state index contributed by atoms with van der Waals surface area (Å²) in [6, 6.07) is 0. The lowest BCUT2D eigenvalue weighted by Crippen LogP contribution is -2.29. The molecule has 0 saturated heterocycles. The van der Waals surface area contributed by atoms with E-state index in [9.17, 15) is 13.2 Å². The van der Waals surface area contributed by atoms with E-state index in [1.165, 1.54) is 5.59 Å². The van der Waals surface area contributed by atoms with E-state index < -0.39 is 12.8 Å². The van der Waals surface area contributed by atoms with Crippen molar-refractivity contribution in [3.63, 3.8) is 0 Å². The molecule has 0 atom stereocenters. The maximum absolute atomic E-state index is 11.0. The zero-order valence-electron chi connectivity index (χ0n) is 3.83. The molecule has 50 valence electrons. The molecule has 0 rings (SSSR count). The van der Waals surface area contributed by atoms with Gasteiger partial charge in [-0.1, -0.05) is 0 Å². The van der Waals surface area contributed by atoms with Gasteiger partial charge in [-0.3, -0.25) is 4.84 Å². The number of halogens is 3. The third kappa shape index (κ3) is 5.67. The minimum atomic E-state index is -4.31. The molecule has 8 heavy (non-hydrogen) atoms. The smallest absolute Gasteiger partial charge is 0.278 e. The fourth-order valence-corrected chi connectivity index (χ4v) is 0.123. The van der Waals surface area contributed by atoms with Gasteiger partial charge in [-0.05, 0) is 0 Å². The molecular formula is C2H5F3N2O. The second-order valence-corrected chi connectivity index (χ2v) is 1.02. The molecule has 0 unspecified atom stereocenters. The number of hydrazine groups is 1. The van der Waals surface area contributed by atoms with Gasteiger partial charge < -0.3 is 0 Å². The van der Waals surface area contributed by atoms with Crippen LogP contribution in [-0.2, 0) is 4.84 Å². The van der Waals surface area contributed by atoms with Crippen molar-refractivity contribution >= 4 is 0 Å². The topological polar surface area (TPSA) is 47.3 Å². The molecular weight excluding hydrogens is 125 g/mol. The Bertz CT molecular complexity index is 62.8. The average molecular weight is 130 g/mol. The van der Waals surface area contributed by atoms with Gasteiger partial charge in [0.25, 0.3) is 0 Å². The Morgan fingerprint density at radius 2 is 2.00 bits per heavy atom. The van der Waals surface area contributed by atoms with E-state index in [-0.39, 0.29) is 0 Å². The van der Waals surface area contributed by atoms with E-state index in [2.05, 4.69) is 10.7 Å². The molecule has 0 saturated carbocycles. The number of rotatable bonds is 2. The molecule has 0 amide bonds. The molecule has 3 N–H and O–H groups in total. The summed E-state index contributed by atoms with van der Waals surface area (Å²) < 4.78 is 33.1. The fourth-order valence-electron chi connectivity index (χ4n) is 0.123. The van der Waals surface area contributed by atoms with Gasteiger partial charge in [0, 0.05) is 0 Å². The number of hydrogen-bond donors (Lipinski definition) is 2. The van der Waals surface area contributed by atoms with Crippen molar-refractivity contribution in [3.05, 3.63) is 0 Å². The molecule has 0 spiro atoms. The normalized spacial score (nSPS) is 12.0. The van der Waals surface area contributed by atoms with E-state index in [1.54, 1.807) is 0 Å². The first-order valence-corrected chi connectivity index (χ1v) is 1.70. The Morgan fingerprint density at radius 3 is 2.12 bits per heavy atom. The third-order valence-corrected chi connectivity index (χ3v) is 0.319. The highest BCUT2D eigenvalue weighted by atomic mass is 19.4. The second kappa shape index (κ2) is 2.85. The third-order valence-electron chi connectivity index (χ3n) is 0.319. The summed E-state index contributed by atoms with van der Waals surface area (Å²) >= 11 is 0. The van der Waals surface area contributed by atoms with Crippen molar-refractivity contribution in [1.82, 2.24) is 5.59 Å². The summed E-state index contributed by atoms with van der Waals surface area (Å²) in [6.07, 6.45) is -4.31. The van der Waals surface area contributed by atoms with Crippen LogP contribution in [0.4, 0.5) is 13.2 Å². The van der Waals surface area contributed by atoms with Crippen molar-refractivity contribution in [2.24, 2.45) is 5.84 Å². The minimum Gasteiger partial charge on any atom is -0.278 e. The van der Waals surface area contributed by atoms with Crippen molar-refractivity contribution in [2.75, 3.05) is 6.61 Å². The molecule has 0 aromatic carbocycles. The van der Waals surface area contributed by atoms with Crippen molar-refractivity contribution < 1.29 is 18.0 Å². The maximum atomic E-state index is 11.0. The van der Waals surface area contributed by atoms with Crippen LogP contribution in [0.2, 0.25) is 0 Å². The highest BCUT2D eigenvalue weighted by Gasteiger charge is 2.27. The Labute approximate surface area is 43.5 Å². The van der Waals surface area contributed by atoms with Crippen LogP contribution >= 0.6 is 0 Å². The van der Waals surface area contributed by atoms with Crippen molar-refractivity contribution in [2.45, 2.75) is 6.18 Å². The van der Waals surface area contributed by atoms with Gasteiger partial charge in [0.05, 0.1) is 0 Å². The Morgan fingerprint density at radius 1 is 1.50 bits per heavy atom.